The first-order valence-electron chi connectivity index (χ1n) is 7.77. The third-order valence-corrected chi connectivity index (χ3v) is 3.80. The molecule has 2 amide bonds. The van der Waals surface area contributed by atoms with Crippen LogP contribution in [0.25, 0.3) is 11.1 Å². The second-order valence-corrected chi connectivity index (χ2v) is 5.68. The van der Waals surface area contributed by atoms with Crippen LogP contribution in [0.15, 0.2) is 30.9 Å². The van der Waals surface area contributed by atoms with Gasteiger partial charge in [-0.1, -0.05) is 0 Å². The predicted octanol–water partition coefficient (Wildman–Crippen LogP) is 1.46. The van der Waals surface area contributed by atoms with Gasteiger partial charge in [0.15, 0.2) is 0 Å². The van der Waals surface area contributed by atoms with Gasteiger partial charge in [-0.05, 0) is 24.5 Å². The average molecular weight is 315 g/mol. The lowest BCUT2D eigenvalue weighted by Crippen LogP contribution is -2.39. The summed E-state index contributed by atoms with van der Waals surface area (Å²) in [6, 6.07) is 1.82. The Bertz CT molecular complexity index is 664. The minimum absolute atomic E-state index is 0.149. The molecule has 7 heteroatoms. The fraction of sp³-hybridized carbons (Fsp3) is 0.438. The van der Waals surface area contributed by atoms with E-state index in [0.29, 0.717) is 13.1 Å². The number of rotatable bonds is 5. The third kappa shape index (κ3) is 4.29. The lowest BCUT2D eigenvalue weighted by molar-refractivity contribution is 0.111. The monoisotopic (exact) mass is 315 g/mol. The van der Waals surface area contributed by atoms with Crippen molar-refractivity contribution in [2.45, 2.75) is 25.5 Å². The van der Waals surface area contributed by atoms with Crippen molar-refractivity contribution >= 4 is 6.03 Å². The van der Waals surface area contributed by atoms with Crippen LogP contribution in [0.4, 0.5) is 4.79 Å². The molecule has 0 aromatic carbocycles. The molecule has 0 saturated carbocycles. The molecule has 0 spiro atoms. The van der Waals surface area contributed by atoms with E-state index in [1.807, 2.05) is 19.3 Å². The van der Waals surface area contributed by atoms with Crippen LogP contribution in [0.3, 0.4) is 0 Å². The summed E-state index contributed by atoms with van der Waals surface area (Å²) in [5.41, 5.74) is 2.93. The highest BCUT2D eigenvalue weighted by Gasteiger charge is 2.15. The van der Waals surface area contributed by atoms with E-state index in [2.05, 4.69) is 20.7 Å². The van der Waals surface area contributed by atoms with Crippen molar-refractivity contribution in [3.05, 3.63) is 36.4 Å². The number of nitrogens with zero attached hydrogens (tertiary/aromatic N) is 3. The number of aryl methyl sites for hydroxylation is 1. The number of carbonyl (C=O) groups excluding carboxylic acids is 1. The zero-order valence-corrected chi connectivity index (χ0v) is 13.2. The first-order valence-corrected chi connectivity index (χ1v) is 7.77. The van der Waals surface area contributed by atoms with Gasteiger partial charge in [-0.15, -0.1) is 0 Å². The van der Waals surface area contributed by atoms with Gasteiger partial charge in [0, 0.05) is 56.5 Å². The van der Waals surface area contributed by atoms with Crippen LogP contribution in [0.1, 0.15) is 18.4 Å². The molecule has 7 nitrogen and oxygen atoms in total. The Hall–Kier alpha value is -2.41. The Labute approximate surface area is 135 Å². The summed E-state index contributed by atoms with van der Waals surface area (Å²) in [5, 5.41) is 9.83. The van der Waals surface area contributed by atoms with Crippen molar-refractivity contribution in [3.63, 3.8) is 0 Å². The Kier molecular flexibility index (Phi) is 4.87. The predicted molar refractivity (Wildman–Crippen MR) is 85.7 cm³/mol. The van der Waals surface area contributed by atoms with Crippen molar-refractivity contribution < 1.29 is 9.53 Å². The quantitative estimate of drug-likeness (QED) is 0.875. The molecule has 3 heterocycles. The second-order valence-electron chi connectivity index (χ2n) is 5.68. The van der Waals surface area contributed by atoms with E-state index in [9.17, 15) is 4.79 Å². The molecule has 1 aliphatic heterocycles. The van der Waals surface area contributed by atoms with Gasteiger partial charge in [-0.2, -0.15) is 5.10 Å². The Morgan fingerprint density at radius 1 is 1.35 bits per heavy atom. The van der Waals surface area contributed by atoms with E-state index in [4.69, 9.17) is 4.74 Å². The van der Waals surface area contributed by atoms with Crippen LogP contribution in [-0.4, -0.2) is 40.1 Å². The van der Waals surface area contributed by atoms with Gasteiger partial charge in [-0.25, -0.2) is 4.79 Å². The standard InChI is InChI=1S/C16H21N5O2/c1-21-11-14(9-20-21)13-5-12(6-17-8-13)7-18-16(22)19-10-15-3-2-4-23-15/h5-6,8-9,11,15H,2-4,7,10H2,1H3,(H2,18,19,22). The van der Waals surface area contributed by atoms with Crippen molar-refractivity contribution in [3.8, 4) is 11.1 Å². The van der Waals surface area contributed by atoms with Gasteiger partial charge in [0.2, 0.25) is 0 Å². The van der Waals surface area contributed by atoms with Crippen molar-refractivity contribution in [2.75, 3.05) is 13.2 Å². The van der Waals surface area contributed by atoms with Gasteiger partial charge in [-0.3, -0.25) is 9.67 Å². The fourth-order valence-electron chi connectivity index (χ4n) is 2.57. The first-order chi connectivity index (χ1) is 11.2. The highest BCUT2D eigenvalue weighted by molar-refractivity contribution is 5.73. The van der Waals surface area contributed by atoms with E-state index in [0.717, 1.165) is 36.1 Å². The molecule has 1 fully saturated rings. The largest absolute Gasteiger partial charge is 0.376 e. The fourth-order valence-corrected chi connectivity index (χ4v) is 2.57. The number of hydrogen-bond acceptors (Lipinski definition) is 4. The van der Waals surface area contributed by atoms with E-state index in [1.54, 1.807) is 23.3 Å². The van der Waals surface area contributed by atoms with Gasteiger partial charge in [0.1, 0.15) is 0 Å². The zero-order chi connectivity index (χ0) is 16.1. The Morgan fingerprint density at radius 3 is 3.00 bits per heavy atom. The van der Waals surface area contributed by atoms with Crippen LogP contribution in [0, 0.1) is 0 Å². The Balaban J connectivity index is 1.50. The molecule has 1 saturated heterocycles. The average Bonchev–Trinajstić information content (AvgIpc) is 3.23. The van der Waals surface area contributed by atoms with Crippen LogP contribution in [-0.2, 0) is 18.3 Å². The van der Waals surface area contributed by atoms with Crippen molar-refractivity contribution in [1.82, 2.24) is 25.4 Å². The molecule has 23 heavy (non-hydrogen) atoms. The topological polar surface area (TPSA) is 81.1 Å². The molecular weight excluding hydrogens is 294 g/mol. The van der Waals surface area contributed by atoms with Gasteiger partial charge < -0.3 is 15.4 Å². The van der Waals surface area contributed by atoms with Crippen molar-refractivity contribution in [2.24, 2.45) is 7.05 Å². The highest BCUT2D eigenvalue weighted by Crippen LogP contribution is 2.18. The summed E-state index contributed by atoms with van der Waals surface area (Å²) in [5.74, 6) is 0. The normalized spacial score (nSPS) is 17.2. The summed E-state index contributed by atoms with van der Waals surface area (Å²) in [7, 11) is 1.88. The molecule has 122 valence electrons. The molecule has 2 N–H and O–H groups in total. The summed E-state index contributed by atoms with van der Waals surface area (Å²) >= 11 is 0. The molecule has 2 aromatic rings. The number of hydrogen-bond donors (Lipinski definition) is 2. The maximum Gasteiger partial charge on any atom is 0.315 e. The molecule has 0 bridgehead atoms. The smallest absolute Gasteiger partial charge is 0.315 e. The maximum atomic E-state index is 11.8. The molecular formula is C16H21N5O2. The lowest BCUT2D eigenvalue weighted by Gasteiger charge is -2.12. The number of amides is 2. The SMILES string of the molecule is Cn1cc(-c2cncc(CNC(=O)NCC3CCCO3)c2)cn1. The number of nitrogens with one attached hydrogen (secondary N) is 2. The first kappa shape index (κ1) is 15.5. The molecule has 3 rings (SSSR count). The van der Waals surface area contributed by atoms with E-state index >= 15 is 0 Å². The van der Waals surface area contributed by atoms with Gasteiger partial charge >= 0.3 is 6.03 Å². The summed E-state index contributed by atoms with van der Waals surface area (Å²) < 4.78 is 7.22. The van der Waals surface area contributed by atoms with Crippen LogP contribution in [0.2, 0.25) is 0 Å². The summed E-state index contributed by atoms with van der Waals surface area (Å²) in [6.45, 7) is 1.78. The minimum atomic E-state index is -0.188. The highest BCUT2D eigenvalue weighted by atomic mass is 16.5. The maximum absolute atomic E-state index is 11.8. The zero-order valence-electron chi connectivity index (χ0n) is 13.2. The molecule has 0 radical (unpaired) electrons. The van der Waals surface area contributed by atoms with Crippen LogP contribution < -0.4 is 10.6 Å². The second kappa shape index (κ2) is 7.23. The minimum Gasteiger partial charge on any atom is -0.376 e. The van der Waals surface area contributed by atoms with Crippen molar-refractivity contribution in [1.29, 1.82) is 0 Å². The lowest BCUT2D eigenvalue weighted by atomic mass is 10.1. The molecule has 2 aromatic heterocycles. The van der Waals surface area contributed by atoms with Crippen LogP contribution in [0.5, 0.6) is 0 Å². The molecule has 1 unspecified atom stereocenters. The van der Waals surface area contributed by atoms with Gasteiger partial charge in [0.05, 0.1) is 12.3 Å². The third-order valence-electron chi connectivity index (χ3n) is 3.80. The number of aromatic nitrogens is 3. The van der Waals surface area contributed by atoms with Gasteiger partial charge in [0.25, 0.3) is 0 Å². The van der Waals surface area contributed by atoms with E-state index < -0.39 is 0 Å². The number of ether oxygens (including phenoxy) is 1. The molecule has 1 atom stereocenters. The molecule has 0 aliphatic carbocycles. The number of carbonyl (C=O) groups is 1. The van der Waals surface area contributed by atoms with Crippen LogP contribution >= 0.6 is 0 Å². The number of pyridine rings is 1. The Morgan fingerprint density at radius 2 is 2.26 bits per heavy atom. The summed E-state index contributed by atoms with van der Waals surface area (Å²) in [4.78, 5) is 16.0. The summed E-state index contributed by atoms with van der Waals surface area (Å²) in [6.07, 6.45) is 9.50. The van der Waals surface area contributed by atoms with E-state index in [1.165, 1.54) is 0 Å². The van der Waals surface area contributed by atoms with E-state index in [-0.39, 0.29) is 12.1 Å². The number of urea groups is 1. The molecule has 1 aliphatic rings.